The monoisotopic (exact) mass is 468 g/mol. The molecule has 0 aliphatic heterocycles. The van der Waals surface area contributed by atoms with E-state index in [1.807, 2.05) is 18.2 Å². The van der Waals surface area contributed by atoms with E-state index in [9.17, 15) is 14.7 Å². The van der Waals surface area contributed by atoms with Crippen LogP contribution in [0.3, 0.4) is 0 Å². The highest BCUT2D eigenvalue weighted by Gasteiger charge is 2.39. The highest BCUT2D eigenvalue weighted by atomic mass is 16.5. The Morgan fingerprint density at radius 3 is 2.23 bits per heavy atom. The van der Waals surface area contributed by atoms with Gasteiger partial charge in [0, 0.05) is 5.56 Å². The molecule has 0 bridgehead atoms. The third-order valence-corrected chi connectivity index (χ3v) is 5.35. The summed E-state index contributed by atoms with van der Waals surface area (Å²) in [4.78, 5) is 25.1. The van der Waals surface area contributed by atoms with Crippen molar-refractivity contribution in [2.45, 2.75) is 12.5 Å². The summed E-state index contributed by atoms with van der Waals surface area (Å²) in [6.45, 7) is 2.04. The topological polar surface area (TPSA) is 101 Å². The number of furan rings is 1. The summed E-state index contributed by atoms with van der Waals surface area (Å²) in [6.07, 6.45) is 1.34. The maximum Gasteiger partial charge on any atom is 0.338 e. The number of hydrogen-bond donors (Lipinski definition) is 2. The van der Waals surface area contributed by atoms with Crippen LogP contribution in [0.4, 0.5) is 0 Å². The molecule has 2 N–H and O–H groups in total. The first-order chi connectivity index (χ1) is 17.0. The summed E-state index contributed by atoms with van der Waals surface area (Å²) in [6, 6.07) is 27.7. The number of amides is 1. The van der Waals surface area contributed by atoms with Crippen molar-refractivity contribution in [3.8, 4) is 11.3 Å². The van der Waals surface area contributed by atoms with Crippen LogP contribution in [0.1, 0.15) is 34.2 Å². The van der Waals surface area contributed by atoms with E-state index in [0.717, 1.165) is 0 Å². The molecule has 3 aromatic carbocycles. The van der Waals surface area contributed by atoms with Crippen LogP contribution in [0.5, 0.6) is 0 Å². The number of esters is 1. The van der Waals surface area contributed by atoms with Crippen molar-refractivity contribution in [3.63, 3.8) is 0 Å². The first kappa shape index (κ1) is 23.7. The van der Waals surface area contributed by atoms with Gasteiger partial charge >= 0.3 is 5.97 Å². The average molecular weight is 469 g/mol. The van der Waals surface area contributed by atoms with Crippen LogP contribution in [0.2, 0.25) is 0 Å². The van der Waals surface area contributed by atoms with E-state index < -0.39 is 17.5 Å². The zero-order valence-corrected chi connectivity index (χ0v) is 19.0. The van der Waals surface area contributed by atoms with Crippen LogP contribution < -0.4 is 5.43 Å². The third-order valence-electron chi connectivity index (χ3n) is 5.35. The van der Waals surface area contributed by atoms with Gasteiger partial charge < -0.3 is 14.3 Å². The number of carbonyl (C=O) groups is 2. The van der Waals surface area contributed by atoms with Gasteiger partial charge in [-0.1, -0.05) is 72.8 Å². The molecule has 0 fully saturated rings. The Bertz CT molecular complexity index is 1290. The van der Waals surface area contributed by atoms with E-state index in [-0.39, 0.29) is 0 Å². The molecule has 1 heterocycles. The molecule has 0 unspecified atom stereocenters. The van der Waals surface area contributed by atoms with Crippen molar-refractivity contribution in [2.24, 2.45) is 5.10 Å². The smallest absolute Gasteiger partial charge is 0.338 e. The zero-order chi connectivity index (χ0) is 24.7. The number of aliphatic hydroxyl groups is 1. The number of carbonyl (C=O) groups excluding carboxylic acids is 2. The molecule has 1 aromatic heterocycles. The Hall–Kier alpha value is -4.49. The number of hydrazone groups is 1. The standard InChI is InChI=1S/C28H24N2O5/c1-2-34-26(31)21-11-9-10-20(18-21)25-17-16-24(35-25)19-29-30-27(32)28(33,22-12-5-3-6-13-22)23-14-7-4-8-15-23/h3-19,33H,2H2,1H3,(H,30,32). The lowest BCUT2D eigenvalue weighted by molar-refractivity contribution is -0.136. The van der Waals surface area contributed by atoms with Crippen LogP contribution in [0.25, 0.3) is 11.3 Å². The van der Waals surface area contributed by atoms with E-state index in [1.165, 1.54) is 6.21 Å². The SMILES string of the molecule is CCOC(=O)c1cccc(-c2ccc(C=NNC(=O)C(O)(c3ccccc3)c3ccccc3)o2)c1. The Morgan fingerprint density at radius 1 is 0.943 bits per heavy atom. The molecule has 7 nitrogen and oxygen atoms in total. The summed E-state index contributed by atoms with van der Waals surface area (Å²) >= 11 is 0. The van der Waals surface area contributed by atoms with Crippen molar-refractivity contribution in [1.29, 1.82) is 0 Å². The molecule has 176 valence electrons. The van der Waals surface area contributed by atoms with Crippen LogP contribution >= 0.6 is 0 Å². The number of nitrogens with zero attached hydrogens (tertiary/aromatic N) is 1. The molecular weight excluding hydrogens is 444 g/mol. The number of nitrogens with one attached hydrogen (secondary N) is 1. The minimum Gasteiger partial charge on any atom is -0.462 e. The van der Waals surface area contributed by atoms with Gasteiger partial charge in [-0.15, -0.1) is 0 Å². The minimum absolute atomic E-state index is 0.291. The second-order valence-corrected chi connectivity index (χ2v) is 7.64. The Kier molecular flexibility index (Phi) is 7.18. The average Bonchev–Trinajstić information content (AvgIpc) is 3.38. The fourth-order valence-corrected chi connectivity index (χ4v) is 3.61. The second kappa shape index (κ2) is 10.6. The van der Waals surface area contributed by atoms with Gasteiger partial charge in [-0.25, -0.2) is 10.2 Å². The quantitative estimate of drug-likeness (QED) is 0.225. The molecule has 0 aliphatic rings. The van der Waals surface area contributed by atoms with Crippen LogP contribution in [-0.4, -0.2) is 29.8 Å². The molecule has 0 spiro atoms. The lowest BCUT2D eigenvalue weighted by atomic mass is 9.85. The first-order valence-corrected chi connectivity index (χ1v) is 11.1. The second-order valence-electron chi connectivity index (χ2n) is 7.64. The molecular formula is C28H24N2O5. The fraction of sp³-hybridized carbons (Fsp3) is 0.107. The Labute approximate surface area is 202 Å². The van der Waals surface area contributed by atoms with Crippen LogP contribution in [0, 0.1) is 0 Å². The van der Waals surface area contributed by atoms with Gasteiger partial charge in [-0.05, 0) is 42.3 Å². The number of hydrogen-bond acceptors (Lipinski definition) is 6. The lowest BCUT2D eigenvalue weighted by Gasteiger charge is -2.26. The van der Waals surface area contributed by atoms with Gasteiger partial charge in [0.25, 0.3) is 5.91 Å². The molecule has 0 saturated carbocycles. The predicted octanol–water partition coefficient (Wildman–Crippen LogP) is 4.51. The normalized spacial score (nSPS) is 11.4. The molecule has 4 rings (SSSR count). The molecule has 0 aliphatic carbocycles. The maximum atomic E-state index is 13.1. The number of ether oxygens (including phenoxy) is 1. The molecule has 7 heteroatoms. The Morgan fingerprint density at radius 2 is 1.60 bits per heavy atom. The third kappa shape index (κ3) is 5.20. The van der Waals surface area contributed by atoms with E-state index in [4.69, 9.17) is 9.15 Å². The fourth-order valence-electron chi connectivity index (χ4n) is 3.61. The largest absolute Gasteiger partial charge is 0.462 e. The number of benzene rings is 3. The van der Waals surface area contributed by atoms with Crippen molar-refractivity contribution in [1.82, 2.24) is 5.43 Å². The van der Waals surface area contributed by atoms with Gasteiger partial charge in [0.2, 0.25) is 0 Å². The van der Waals surface area contributed by atoms with Crippen molar-refractivity contribution in [2.75, 3.05) is 6.61 Å². The van der Waals surface area contributed by atoms with Crippen molar-refractivity contribution in [3.05, 3.63) is 120 Å². The van der Waals surface area contributed by atoms with Gasteiger partial charge in [0.15, 0.2) is 5.60 Å². The molecule has 35 heavy (non-hydrogen) atoms. The first-order valence-electron chi connectivity index (χ1n) is 11.1. The highest BCUT2D eigenvalue weighted by molar-refractivity contribution is 5.92. The minimum atomic E-state index is -1.93. The summed E-state index contributed by atoms with van der Waals surface area (Å²) in [5, 5.41) is 15.4. The molecule has 4 aromatic rings. The zero-order valence-electron chi connectivity index (χ0n) is 19.0. The van der Waals surface area contributed by atoms with Gasteiger partial charge in [-0.2, -0.15) is 5.10 Å². The molecule has 1 amide bonds. The maximum absolute atomic E-state index is 13.1. The predicted molar refractivity (Wildman–Crippen MR) is 132 cm³/mol. The lowest BCUT2D eigenvalue weighted by Crippen LogP contribution is -2.43. The number of rotatable bonds is 8. The van der Waals surface area contributed by atoms with Crippen molar-refractivity contribution >= 4 is 18.1 Å². The Balaban J connectivity index is 1.51. The van der Waals surface area contributed by atoms with Gasteiger partial charge in [-0.3, -0.25) is 4.79 Å². The summed E-state index contributed by atoms with van der Waals surface area (Å²) in [5.74, 6) is -0.214. The van der Waals surface area contributed by atoms with E-state index in [0.29, 0.717) is 40.4 Å². The van der Waals surface area contributed by atoms with Crippen LogP contribution in [0.15, 0.2) is 107 Å². The molecule has 0 saturated heterocycles. The summed E-state index contributed by atoms with van der Waals surface area (Å²) < 4.78 is 10.8. The molecule has 0 atom stereocenters. The van der Waals surface area contributed by atoms with E-state index in [1.54, 1.807) is 85.8 Å². The summed E-state index contributed by atoms with van der Waals surface area (Å²) in [7, 11) is 0. The van der Waals surface area contributed by atoms with Crippen LogP contribution in [-0.2, 0) is 15.1 Å². The highest BCUT2D eigenvalue weighted by Crippen LogP contribution is 2.30. The van der Waals surface area contributed by atoms with Gasteiger partial charge in [0.05, 0.1) is 18.4 Å². The summed E-state index contributed by atoms with van der Waals surface area (Å²) in [5.41, 5.74) is 2.44. The van der Waals surface area contributed by atoms with E-state index in [2.05, 4.69) is 10.5 Å². The molecule has 0 radical (unpaired) electrons. The van der Waals surface area contributed by atoms with E-state index >= 15 is 0 Å². The van der Waals surface area contributed by atoms with Crippen molar-refractivity contribution < 1.29 is 23.8 Å². The van der Waals surface area contributed by atoms with Gasteiger partial charge in [0.1, 0.15) is 11.5 Å².